The minimum Gasteiger partial charge on any atom is -0.291 e. The molecule has 0 spiro atoms. The van der Waals surface area contributed by atoms with Crippen LogP contribution < -0.4 is 0 Å². The van der Waals surface area contributed by atoms with Gasteiger partial charge in [0.25, 0.3) is 0 Å². The lowest BCUT2D eigenvalue weighted by atomic mass is 9.93. The molecular formula is C29H20N2. The molecule has 2 nitrogen and oxygen atoms in total. The summed E-state index contributed by atoms with van der Waals surface area (Å²) in [7, 11) is 0. The molecule has 0 N–H and O–H groups in total. The quantitative estimate of drug-likeness (QED) is 0.206. The van der Waals surface area contributed by atoms with E-state index in [1.54, 1.807) is 0 Å². The van der Waals surface area contributed by atoms with E-state index in [2.05, 4.69) is 103 Å². The summed E-state index contributed by atoms with van der Waals surface area (Å²) in [6.45, 7) is 4.39. The molecule has 2 heterocycles. The van der Waals surface area contributed by atoms with Crippen LogP contribution in [-0.2, 0) is 0 Å². The Bertz CT molecular complexity index is 1780. The number of imidazole rings is 1. The molecule has 0 amide bonds. The van der Waals surface area contributed by atoms with Crippen molar-refractivity contribution in [3.63, 3.8) is 0 Å². The zero-order chi connectivity index (χ0) is 20.7. The van der Waals surface area contributed by atoms with Gasteiger partial charge < -0.3 is 0 Å². The number of hydrogen-bond donors (Lipinski definition) is 0. The Hall–Kier alpha value is -3.91. The second-order valence-electron chi connectivity index (χ2n) is 8.58. The molecule has 2 heteroatoms. The second-order valence-corrected chi connectivity index (χ2v) is 8.58. The van der Waals surface area contributed by atoms with Gasteiger partial charge in [0.1, 0.15) is 5.65 Å². The van der Waals surface area contributed by atoms with Crippen LogP contribution in [0, 0.1) is 13.8 Å². The molecule has 0 saturated heterocycles. The third-order valence-electron chi connectivity index (χ3n) is 6.81. The van der Waals surface area contributed by atoms with Crippen LogP contribution in [0.2, 0.25) is 0 Å². The first-order chi connectivity index (χ1) is 15.2. The highest BCUT2D eigenvalue weighted by Gasteiger charge is 2.20. The van der Waals surface area contributed by atoms with Crippen molar-refractivity contribution in [1.82, 2.24) is 9.38 Å². The fraction of sp³-hybridized carbons (Fsp3) is 0.0690. The third kappa shape index (κ3) is 2.09. The molecule has 2 aromatic heterocycles. The fourth-order valence-corrected chi connectivity index (χ4v) is 5.49. The van der Waals surface area contributed by atoms with Crippen molar-refractivity contribution < 1.29 is 0 Å². The first-order valence-corrected chi connectivity index (χ1v) is 10.7. The Kier molecular flexibility index (Phi) is 3.17. The summed E-state index contributed by atoms with van der Waals surface area (Å²) in [5.41, 5.74) is 7.26. The van der Waals surface area contributed by atoms with Gasteiger partial charge in [-0.1, -0.05) is 72.8 Å². The van der Waals surface area contributed by atoms with Crippen molar-refractivity contribution in [3.05, 3.63) is 96.2 Å². The minimum absolute atomic E-state index is 1.03. The van der Waals surface area contributed by atoms with Crippen molar-refractivity contribution in [2.45, 2.75) is 13.8 Å². The summed E-state index contributed by atoms with van der Waals surface area (Å²) in [5, 5.41) is 8.92. The molecule has 0 bridgehead atoms. The van der Waals surface area contributed by atoms with Gasteiger partial charge in [-0.25, -0.2) is 4.98 Å². The van der Waals surface area contributed by atoms with E-state index in [0.717, 1.165) is 11.3 Å². The van der Waals surface area contributed by atoms with Gasteiger partial charge in [-0.2, -0.15) is 0 Å². The summed E-state index contributed by atoms with van der Waals surface area (Å²) in [6.07, 6.45) is 2.06. The Morgan fingerprint density at radius 2 is 1.35 bits per heavy atom. The van der Waals surface area contributed by atoms with E-state index < -0.39 is 0 Å². The zero-order valence-corrected chi connectivity index (χ0v) is 17.5. The summed E-state index contributed by atoms with van der Waals surface area (Å²) >= 11 is 0. The highest BCUT2D eigenvalue weighted by atomic mass is 15.0. The predicted molar refractivity (Wildman–Crippen MR) is 131 cm³/mol. The number of hydrogen-bond acceptors (Lipinski definition) is 1. The van der Waals surface area contributed by atoms with Crippen LogP contribution >= 0.6 is 0 Å². The van der Waals surface area contributed by atoms with E-state index in [9.17, 15) is 0 Å². The largest absolute Gasteiger partial charge is 0.291 e. The van der Waals surface area contributed by atoms with Crippen LogP contribution in [0.4, 0.5) is 0 Å². The van der Waals surface area contributed by atoms with Crippen LogP contribution in [0.25, 0.3) is 60.1 Å². The van der Waals surface area contributed by atoms with Gasteiger partial charge in [0.2, 0.25) is 0 Å². The van der Waals surface area contributed by atoms with Gasteiger partial charge in [0.05, 0.1) is 17.4 Å². The number of nitrogens with zero attached hydrogens (tertiary/aromatic N) is 2. The molecule has 7 aromatic rings. The summed E-state index contributed by atoms with van der Waals surface area (Å²) < 4.78 is 2.40. The Morgan fingerprint density at radius 1 is 0.645 bits per heavy atom. The molecule has 0 saturated carbocycles. The molecule has 0 radical (unpaired) electrons. The Balaban J connectivity index is 1.87. The molecule has 0 atom stereocenters. The van der Waals surface area contributed by atoms with Crippen molar-refractivity contribution in [2.24, 2.45) is 0 Å². The van der Waals surface area contributed by atoms with Crippen LogP contribution in [0.15, 0.2) is 85.1 Å². The number of aryl methyl sites for hydroxylation is 2. The van der Waals surface area contributed by atoms with Gasteiger partial charge in [-0.15, -0.1) is 0 Å². The third-order valence-corrected chi connectivity index (χ3v) is 6.81. The first-order valence-electron chi connectivity index (χ1n) is 10.7. The standard InChI is InChI=1S/C29H20N2/c1-17-7-5-8-18(2)25(17)24-16-30-29-23-12-6-10-19-13-14-21-15-20-9-3-4-11-22(20)28(31(24)29)27(21)26(19)23/h3-16H,1-2H3. The number of fused-ring (bicyclic) bond motifs is 5. The van der Waals surface area contributed by atoms with E-state index in [4.69, 9.17) is 4.98 Å². The lowest BCUT2D eigenvalue weighted by Gasteiger charge is -2.18. The maximum Gasteiger partial charge on any atom is 0.145 e. The molecule has 7 rings (SSSR count). The molecule has 0 aliphatic carbocycles. The summed E-state index contributed by atoms with van der Waals surface area (Å²) in [5.74, 6) is 0. The van der Waals surface area contributed by atoms with Crippen LogP contribution in [0.3, 0.4) is 0 Å². The normalized spacial score (nSPS) is 12.2. The number of rotatable bonds is 1. The highest BCUT2D eigenvalue weighted by Crippen LogP contribution is 2.42. The van der Waals surface area contributed by atoms with Crippen LogP contribution in [0.1, 0.15) is 11.1 Å². The topological polar surface area (TPSA) is 17.3 Å². The van der Waals surface area contributed by atoms with Gasteiger partial charge in [-0.05, 0) is 47.2 Å². The smallest absolute Gasteiger partial charge is 0.145 e. The van der Waals surface area contributed by atoms with E-state index in [0.29, 0.717) is 0 Å². The zero-order valence-electron chi connectivity index (χ0n) is 17.5. The lowest BCUT2D eigenvalue weighted by Crippen LogP contribution is -1.98. The molecule has 0 aliphatic heterocycles. The van der Waals surface area contributed by atoms with E-state index in [1.165, 1.54) is 59.9 Å². The maximum absolute atomic E-state index is 5.00. The van der Waals surface area contributed by atoms with Gasteiger partial charge in [0, 0.05) is 27.1 Å². The fourth-order valence-electron chi connectivity index (χ4n) is 5.49. The number of benzene rings is 5. The highest BCUT2D eigenvalue weighted by molar-refractivity contribution is 6.30. The van der Waals surface area contributed by atoms with Crippen LogP contribution in [0.5, 0.6) is 0 Å². The minimum atomic E-state index is 1.03. The molecule has 31 heavy (non-hydrogen) atoms. The van der Waals surface area contributed by atoms with E-state index in [1.807, 2.05) is 0 Å². The predicted octanol–water partition coefficient (Wildman–Crippen LogP) is 7.67. The molecule has 0 aliphatic rings. The second kappa shape index (κ2) is 5.83. The summed E-state index contributed by atoms with van der Waals surface area (Å²) in [6, 6.07) is 28.6. The lowest BCUT2D eigenvalue weighted by molar-refractivity contribution is 1.25. The maximum atomic E-state index is 5.00. The molecular weight excluding hydrogens is 376 g/mol. The molecule has 5 aromatic carbocycles. The number of aromatic nitrogens is 2. The average molecular weight is 396 g/mol. The van der Waals surface area contributed by atoms with Gasteiger partial charge >= 0.3 is 0 Å². The monoisotopic (exact) mass is 396 g/mol. The molecule has 146 valence electrons. The summed E-state index contributed by atoms with van der Waals surface area (Å²) in [4.78, 5) is 5.00. The van der Waals surface area contributed by atoms with Gasteiger partial charge in [0.15, 0.2) is 0 Å². The van der Waals surface area contributed by atoms with E-state index in [-0.39, 0.29) is 0 Å². The first kappa shape index (κ1) is 16.8. The average Bonchev–Trinajstić information content (AvgIpc) is 3.22. The SMILES string of the molecule is Cc1cccc(C)c1-c1cnc2c3cccc4ccc5cc6ccccc6c(c5c43)n12. The molecule has 0 fully saturated rings. The van der Waals surface area contributed by atoms with Crippen molar-refractivity contribution in [1.29, 1.82) is 0 Å². The van der Waals surface area contributed by atoms with Crippen molar-refractivity contribution in [3.8, 4) is 11.3 Å². The van der Waals surface area contributed by atoms with Crippen LogP contribution in [-0.4, -0.2) is 9.38 Å². The van der Waals surface area contributed by atoms with Gasteiger partial charge in [-0.3, -0.25) is 4.40 Å². The van der Waals surface area contributed by atoms with Crippen molar-refractivity contribution >= 4 is 48.9 Å². The van der Waals surface area contributed by atoms with Crippen molar-refractivity contribution in [2.75, 3.05) is 0 Å². The number of pyridine rings is 1. The Labute approximate surface area is 179 Å². The van der Waals surface area contributed by atoms with E-state index >= 15 is 0 Å². The molecule has 0 unspecified atom stereocenters. The Morgan fingerprint density at radius 3 is 2.23 bits per heavy atom.